The van der Waals surface area contributed by atoms with Crippen molar-refractivity contribution in [1.82, 2.24) is 4.98 Å². The topological polar surface area (TPSA) is 68.7 Å². The van der Waals surface area contributed by atoms with E-state index >= 15 is 0 Å². The van der Waals surface area contributed by atoms with E-state index in [9.17, 15) is 4.79 Å². The van der Waals surface area contributed by atoms with Crippen LogP contribution < -0.4 is 0 Å². The van der Waals surface area contributed by atoms with Crippen LogP contribution in [0.5, 0.6) is 0 Å². The molecule has 104 valence electrons. The lowest BCUT2D eigenvalue weighted by Crippen LogP contribution is -2.23. The Balaban J connectivity index is 1.74. The van der Waals surface area contributed by atoms with E-state index in [1.54, 1.807) is 18.3 Å². The zero-order chi connectivity index (χ0) is 13.5. The molecule has 1 aliphatic heterocycles. The number of nitrogens with zero attached hydrogens (tertiary/aromatic N) is 1. The molecule has 6 heteroatoms. The van der Waals surface area contributed by atoms with Crippen LogP contribution in [0, 0.1) is 0 Å². The molecule has 1 N–H and O–H groups in total. The number of hydrogen-bond donors (Lipinski definition) is 1. The van der Waals surface area contributed by atoms with Crippen LogP contribution in [0.1, 0.15) is 29.6 Å². The van der Waals surface area contributed by atoms with Crippen LogP contribution in [0.15, 0.2) is 23.4 Å². The van der Waals surface area contributed by atoms with Crippen molar-refractivity contribution >= 4 is 17.7 Å². The fourth-order valence-electron chi connectivity index (χ4n) is 1.83. The van der Waals surface area contributed by atoms with Gasteiger partial charge in [-0.3, -0.25) is 0 Å². The molecule has 1 unspecified atom stereocenters. The number of aromatic carboxylic acids is 1. The molecule has 1 atom stereocenters. The summed E-state index contributed by atoms with van der Waals surface area (Å²) in [5.74, 6) is -0.288. The number of aromatic nitrogens is 1. The molecule has 0 bridgehead atoms. The summed E-state index contributed by atoms with van der Waals surface area (Å²) in [4.78, 5) is 15.1. The molecule has 0 saturated carbocycles. The first-order valence-electron chi connectivity index (χ1n) is 6.31. The number of carboxylic acids is 1. The Labute approximate surface area is 116 Å². The van der Waals surface area contributed by atoms with Gasteiger partial charge in [0.1, 0.15) is 5.03 Å². The van der Waals surface area contributed by atoms with Gasteiger partial charge in [-0.05, 0) is 31.4 Å². The summed E-state index contributed by atoms with van der Waals surface area (Å²) in [5, 5.41) is 9.55. The summed E-state index contributed by atoms with van der Waals surface area (Å²) in [5.41, 5.74) is 0.237. The molecule has 2 heterocycles. The molecule has 0 spiro atoms. The van der Waals surface area contributed by atoms with Crippen LogP contribution in [0.4, 0.5) is 0 Å². The lowest BCUT2D eigenvalue weighted by Gasteiger charge is -2.22. The maximum atomic E-state index is 11.0. The molecule has 19 heavy (non-hydrogen) atoms. The average molecular weight is 283 g/mol. The van der Waals surface area contributed by atoms with Crippen molar-refractivity contribution in [3.63, 3.8) is 0 Å². The Morgan fingerprint density at radius 1 is 1.58 bits per heavy atom. The second-order valence-electron chi connectivity index (χ2n) is 4.18. The molecule has 5 nitrogen and oxygen atoms in total. The van der Waals surface area contributed by atoms with E-state index in [4.69, 9.17) is 14.6 Å². The van der Waals surface area contributed by atoms with E-state index in [1.807, 2.05) is 0 Å². The van der Waals surface area contributed by atoms with Gasteiger partial charge in [-0.1, -0.05) is 0 Å². The molecule has 1 aromatic rings. The van der Waals surface area contributed by atoms with Crippen LogP contribution >= 0.6 is 11.8 Å². The van der Waals surface area contributed by atoms with E-state index in [0.717, 1.165) is 25.9 Å². The van der Waals surface area contributed by atoms with Gasteiger partial charge in [0.05, 0.1) is 12.2 Å². The first-order valence-corrected chi connectivity index (χ1v) is 7.30. The second kappa shape index (κ2) is 7.47. The zero-order valence-corrected chi connectivity index (χ0v) is 11.4. The van der Waals surface area contributed by atoms with E-state index in [0.29, 0.717) is 17.4 Å². The number of thioether (sulfide) groups is 1. The summed E-state index contributed by atoms with van der Waals surface area (Å²) >= 11 is 1.39. The van der Waals surface area contributed by atoms with Crippen molar-refractivity contribution in [2.75, 3.05) is 19.0 Å². The van der Waals surface area contributed by atoms with E-state index in [1.165, 1.54) is 11.8 Å². The fraction of sp³-hybridized carbons (Fsp3) is 0.538. The fourth-order valence-corrected chi connectivity index (χ4v) is 2.65. The van der Waals surface area contributed by atoms with E-state index in [-0.39, 0.29) is 11.9 Å². The SMILES string of the molecule is O=C(O)c1cccnc1SCCOC1CCCCO1. The third kappa shape index (κ3) is 4.49. The van der Waals surface area contributed by atoms with Crippen LogP contribution in [-0.4, -0.2) is 41.3 Å². The molecule has 0 aromatic carbocycles. The van der Waals surface area contributed by atoms with Crippen LogP contribution in [0.25, 0.3) is 0 Å². The molecular formula is C13H17NO4S. The van der Waals surface area contributed by atoms with Crippen LogP contribution in [-0.2, 0) is 9.47 Å². The van der Waals surface area contributed by atoms with Crippen molar-refractivity contribution in [3.8, 4) is 0 Å². The number of carbonyl (C=O) groups is 1. The average Bonchev–Trinajstić information content (AvgIpc) is 2.45. The Bertz CT molecular complexity index is 421. The molecule has 0 amide bonds. The number of carboxylic acid groups (broad SMARTS) is 1. The largest absolute Gasteiger partial charge is 0.478 e. The molecule has 1 fully saturated rings. The maximum Gasteiger partial charge on any atom is 0.338 e. The predicted molar refractivity (Wildman–Crippen MR) is 71.5 cm³/mol. The monoisotopic (exact) mass is 283 g/mol. The van der Waals surface area contributed by atoms with Crippen molar-refractivity contribution in [2.45, 2.75) is 30.6 Å². The van der Waals surface area contributed by atoms with Crippen molar-refractivity contribution in [3.05, 3.63) is 23.9 Å². The van der Waals surface area contributed by atoms with Gasteiger partial charge >= 0.3 is 5.97 Å². The number of hydrogen-bond acceptors (Lipinski definition) is 5. The van der Waals surface area contributed by atoms with E-state index in [2.05, 4.69) is 4.98 Å². The van der Waals surface area contributed by atoms with Gasteiger partial charge in [0.2, 0.25) is 0 Å². The van der Waals surface area contributed by atoms with Gasteiger partial charge in [0.15, 0.2) is 6.29 Å². The third-order valence-corrected chi connectivity index (χ3v) is 3.73. The summed E-state index contributed by atoms with van der Waals surface area (Å²) in [6.45, 7) is 1.30. The van der Waals surface area contributed by atoms with Crippen LogP contribution in [0.3, 0.4) is 0 Å². The maximum absolute atomic E-state index is 11.0. The Hall–Kier alpha value is -1.11. The molecule has 1 saturated heterocycles. The quantitative estimate of drug-likeness (QED) is 0.638. The first kappa shape index (κ1) is 14.3. The number of rotatable bonds is 6. The van der Waals surface area contributed by atoms with Gasteiger partial charge < -0.3 is 14.6 Å². The van der Waals surface area contributed by atoms with E-state index < -0.39 is 5.97 Å². The van der Waals surface area contributed by atoms with Gasteiger partial charge in [0.25, 0.3) is 0 Å². The Kier molecular flexibility index (Phi) is 5.62. The molecular weight excluding hydrogens is 266 g/mol. The predicted octanol–water partition coefficient (Wildman–Crippen LogP) is 2.42. The lowest BCUT2D eigenvalue weighted by atomic mass is 10.2. The third-order valence-electron chi connectivity index (χ3n) is 2.77. The normalized spacial score (nSPS) is 19.3. The Morgan fingerprint density at radius 2 is 2.47 bits per heavy atom. The lowest BCUT2D eigenvalue weighted by molar-refractivity contribution is -0.158. The number of pyridine rings is 1. The summed E-state index contributed by atoms with van der Waals surface area (Å²) < 4.78 is 11.0. The van der Waals surface area contributed by atoms with Gasteiger partial charge in [0, 0.05) is 18.6 Å². The van der Waals surface area contributed by atoms with Gasteiger partial charge in [-0.15, -0.1) is 11.8 Å². The standard InChI is InChI=1S/C13H17NO4S/c15-13(16)10-4-3-6-14-12(10)19-9-8-18-11-5-1-2-7-17-11/h3-4,6,11H,1-2,5,7-9H2,(H,15,16). The highest BCUT2D eigenvalue weighted by Crippen LogP contribution is 2.20. The molecule has 0 aliphatic carbocycles. The summed E-state index contributed by atoms with van der Waals surface area (Å²) in [7, 11) is 0. The molecule has 0 radical (unpaired) electrons. The minimum absolute atomic E-state index is 0.1000. The smallest absolute Gasteiger partial charge is 0.338 e. The van der Waals surface area contributed by atoms with Gasteiger partial charge in [-0.25, -0.2) is 9.78 Å². The summed E-state index contributed by atoms with van der Waals surface area (Å²) in [6, 6.07) is 3.18. The second-order valence-corrected chi connectivity index (χ2v) is 5.26. The van der Waals surface area contributed by atoms with Gasteiger partial charge in [-0.2, -0.15) is 0 Å². The minimum atomic E-state index is -0.952. The van der Waals surface area contributed by atoms with Crippen molar-refractivity contribution < 1.29 is 19.4 Å². The molecule has 1 aromatic heterocycles. The highest BCUT2D eigenvalue weighted by Gasteiger charge is 2.14. The highest BCUT2D eigenvalue weighted by molar-refractivity contribution is 7.99. The van der Waals surface area contributed by atoms with Crippen molar-refractivity contribution in [1.29, 1.82) is 0 Å². The van der Waals surface area contributed by atoms with Crippen LogP contribution in [0.2, 0.25) is 0 Å². The Morgan fingerprint density at radius 3 is 3.21 bits per heavy atom. The van der Waals surface area contributed by atoms with Crippen molar-refractivity contribution in [2.24, 2.45) is 0 Å². The number of ether oxygens (including phenoxy) is 2. The first-order chi connectivity index (χ1) is 9.27. The molecule has 1 aliphatic rings. The zero-order valence-electron chi connectivity index (χ0n) is 10.6. The summed E-state index contributed by atoms with van der Waals surface area (Å²) in [6.07, 6.45) is 4.68. The highest BCUT2D eigenvalue weighted by atomic mass is 32.2. The minimum Gasteiger partial charge on any atom is -0.478 e. The molecule has 2 rings (SSSR count).